The number of ether oxygens (including phenoxy) is 1. The van der Waals surface area contributed by atoms with Gasteiger partial charge in [-0.25, -0.2) is 0 Å². The highest BCUT2D eigenvalue weighted by Crippen LogP contribution is 2.24. The molecular weight excluding hydrogens is 188 g/mol. The minimum atomic E-state index is -0.141. The molecule has 0 saturated heterocycles. The molecule has 15 heavy (non-hydrogen) atoms. The second-order valence-corrected chi connectivity index (χ2v) is 4.88. The van der Waals surface area contributed by atoms with Gasteiger partial charge in [0.1, 0.15) is 6.10 Å². The minimum Gasteiger partial charge on any atom is -0.367 e. The van der Waals surface area contributed by atoms with Crippen molar-refractivity contribution in [3.63, 3.8) is 0 Å². The van der Waals surface area contributed by atoms with Gasteiger partial charge in [0.15, 0.2) is 5.78 Å². The Labute approximate surface area is 93.4 Å². The van der Waals surface area contributed by atoms with Crippen molar-refractivity contribution in [2.75, 3.05) is 0 Å². The first-order valence-corrected chi connectivity index (χ1v) is 6.34. The highest BCUT2D eigenvalue weighted by molar-refractivity contribution is 5.84. The minimum absolute atomic E-state index is 0.1000. The summed E-state index contributed by atoms with van der Waals surface area (Å²) in [6, 6.07) is 0. The number of carbonyl (C=O) groups is 1. The number of ketones is 1. The molecule has 0 heterocycles. The van der Waals surface area contributed by atoms with Crippen LogP contribution in [0.5, 0.6) is 0 Å². The summed E-state index contributed by atoms with van der Waals surface area (Å²) in [4.78, 5) is 11.9. The number of hydrogen-bond acceptors (Lipinski definition) is 2. The first-order chi connectivity index (χ1) is 7.15. The van der Waals surface area contributed by atoms with Crippen LogP contribution < -0.4 is 0 Å². The topological polar surface area (TPSA) is 26.3 Å². The Balaban J connectivity index is 2.45. The monoisotopic (exact) mass is 212 g/mol. The number of Topliss-reactive ketones (excluding diaryl/α,β-unsaturated/α-hetero) is 1. The summed E-state index contributed by atoms with van der Waals surface area (Å²) in [5.41, 5.74) is 0. The van der Waals surface area contributed by atoms with Crippen molar-refractivity contribution >= 4 is 5.78 Å². The van der Waals surface area contributed by atoms with Crippen molar-refractivity contribution in [2.24, 2.45) is 5.92 Å². The van der Waals surface area contributed by atoms with Crippen molar-refractivity contribution in [2.45, 2.75) is 71.5 Å². The van der Waals surface area contributed by atoms with Crippen LogP contribution in [0.4, 0.5) is 0 Å². The van der Waals surface area contributed by atoms with Crippen LogP contribution in [0.15, 0.2) is 0 Å². The molecular formula is C13H24O2. The molecule has 0 aromatic rings. The summed E-state index contributed by atoms with van der Waals surface area (Å²) in [6.45, 7) is 6.03. The molecule has 1 fully saturated rings. The van der Waals surface area contributed by atoms with Gasteiger partial charge in [0.05, 0.1) is 6.10 Å². The van der Waals surface area contributed by atoms with Crippen LogP contribution in [0.2, 0.25) is 0 Å². The molecule has 88 valence electrons. The molecule has 2 heteroatoms. The van der Waals surface area contributed by atoms with Gasteiger partial charge in [-0.2, -0.15) is 0 Å². The molecule has 0 aromatic carbocycles. The lowest BCUT2D eigenvalue weighted by atomic mass is 10.0. The lowest BCUT2D eigenvalue weighted by molar-refractivity contribution is -0.138. The average Bonchev–Trinajstić information content (AvgIpc) is 2.68. The Bertz CT molecular complexity index is 193. The lowest BCUT2D eigenvalue weighted by Gasteiger charge is -2.22. The van der Waals surface area contributed by atoms with Crippen molar-refractivity contribution < 1.29 is 9.53 Å². The van der Waals surface area contributed by atoms with Crippen molar-refractivity contribution in [1.29, 1.82) is 0 Å². The van der Waals surface area contributed by atoms with Crippen LogP contribution in [0.3, 0.4) is 0 Å². The summed E-state index contributed by atoms with van der Waals surface area (Å²) in [7, 11) is 0. The van der Waals surface area contributed by atoms with E-state index in [9.17, 15) is 4.79 Å². The largest absolute Gasteiger partial charge is 0.367 e. The van der Waals surface area contributed by atoms with Crippen LogP contribution in [0.25, 0.3) is 0 Å². The van der Waals surface area contributed by atoms with Gasteiger partial charge in [0.25, 0.3) is 0 Å². The summed E-state index contributed by atoms with van der Waals surface area (Å²) < 4.78 is 5.93. The van der Waals surface area contributed by atoms with E-state index in [1.54, 1.807) is 0 Å². The fraction of sp³-hybridized carbons (Fsp3) is 0.923. The first-order valence-electron chi connectivity index (χ1n) is 6.34. The lowest BCUT2D eigenvalue weighted by Crippen LogP contribution is -2.31. The maximum absolute atomic E-state index is 11.9. The molecule has 1 aliphatic carbocycles. The molecule has 0 unspecified atom stereocenters. The van der Waals surface area contributed by atoms with Crippen molar-refractivity contribution in [3.8, 4) is 0 Å². The third kappa shape index (κ3) is 3.94. The Morgan fingerprint density at radius 2 is 1.93 bits per heavy atom. The third-order valence-corrected chi connectivity index (χ3v) is 3.10. The average molecular weight is 212 g/mol. The van der Waals surface area contributed by atoms with Gasteiger partial charge in [-0.05, 0) is 19.3 Å². The molecule has 1 rings (SSSR count). The molecule has 0 N–H and O–H groups in total. The quantitative estimate of drug-likeness (QED) is 0.675. The number of carbonyl (C=O) groups excluding carboxylic acids is 1. The van der Waals surface area contributed by atoms with E-state index >= 15 is 0 Å². The van der Waals surface area contributed by atoms with Crippen LogP contribution >= 0.6 is 0 Å². The number of rotatable bonds is 6. The van der Waals surface area contributed by atoms with Gasteiger partial charge >= 0.3 is 0 Å². The van der Waals surface area contributed by atoms with E-state index in [-0.39, 0.29) is 17.8 Å². The highest BCUT2D eigenvalue weighted by Gasteiger charge is 2.26. The Hall–Kier alpha value is -0.370. The van der Waals surface area contributed by atoms with E-state index in [4.69, 9.17) is 4.74 Å². The van der Waals surface area contributed by atoms with Gasteiger partial charge in [-0.15, -0.1) is 0 Å². The smallest absolute Gasteiger partial charge is 0.164 e. The Kier molecular flexibility index (Phi) is 5.30. The molecule has 0 spiro atoms. The zero-order valence-corrected chi connectivity index (χ0v) is 10.3. The van der Waals surface area contributed by atoms with Gasteiger partial charge < -0.3 is 4.74 Å². The van der Waals surface area contributed by atoms with Gasteiger partial charge in [0.2, 0.25) is 0 Å². The summed E-state index contributed by atoms with van der Waals surface area (Å²) in [5.74, 6) is 0.381. The van der Waals surface area contributed by atoms with E-state index in [0.29, 0.717) is 6.10 Å². The molecule has 1 atom stereocenters. The van der Waals surface area contributed by atoms with Crippen molar-refractivity contribution in [3.05, 3.63) is 0 Å². The third-order valence-electron chi connectivity index (χ3n) is 3.10. The van der Waals surface area contributed by atoms with Crippen molar-refractivity contribution in [1.82, 2.24) is 0 Å². The van der Waals surface area contributed by atoms with Crippen LogP contribution in [-0.4, -0.2) is 18.0 Å². The van der Waals surface area contributed by atoms with E-state index in [0.717, 1.165) is 25.7 Å². The normalized spacial score (nSPS) is 19.7. The van der Waals surface area contributed by atoms with E-state index in [1.165, 1.54) is 12.8 Å². The molecule has 0 bridgehead atoms. The zero-order valence-electron chi connectivity index (χ0n) is 10.3. The molecule has 0 radical (unpaired) electrons. The van der Waals surface area contributed by atoms with Gasteiger partial charge in [-0.3, -0.25) is 4.79 Å². The second kappa shape index (κ2) is 6.26. The molecule has 0 aliphatic heterocycles. The first kappa shape index (κ1) is 12.7. The molecule has 0 aromatic heterocycles. The SMILES string of the molecule is CCC[C@@H](OC1CCCC1)C(=O)C(C)C. The standard InChI is InChI=1S/C13H24O2/c1-4-7-12(13(14)10(2)3)15-11-8-5-6-9-11/h10-12H,4-9H2,1-3H3/t12-/m1/s1. The maximum atomic E-state index is 11.9. The predicted molar refractivity (Wildman–Crippen MR) is 61.9 cm³/mol. The van der Waals surface area contributed by atoms with Crippen LogP contribution in [-0.2, 0) is 9.53 Å². The molecule has 1 aliphatic rings. The Morgan fingerprint density at radius 1 is 1.33 bits per heavy atom. The van der Waals surface area contributed by atoms with E-state index < -0.39 is 0 Å². The number of hydrogen-bond donors (Lipinski definition) is 0. The summed E-state index contributed by atoms with van der Waals surface area (Å²) >= 11 is 0. The maximum Gasteiger partial charge on any atom is 0.164 e. The molecule has 2 nitrogen and oxygen atoms in total. The van der Waals surface area contributed by atoms with E-state index in [1.807, 2.05) is 13.8 Å². The van der Waals surface area contributed by atoms with E-state index in [2.05, 4.69) is 6.92 Å². The fourth-order valence-electron chi connectivity index (χ4n) is 2.17. The second-order valence-electron chi connectivity index (χ2n) is 4.88. The molecule has 1 saturated carbocycles. The van der Waals surface area contributed by atoms with Crippen LogP contribution in [0, 0.1) is 5.92 Å². The van der Waals surface area contributed by atoms with Crippen LogP contribution in [0.1, 0.15) is 59.3 Å². The summed E-state index contributed by atoms with van der Waals surface area (Å²) in [5, 5.41) is 0. The fourth-order valence-corrected chi connectivity index (χ4v) is 2.17. The Morgan fingerprint density at radius 3 is 2.40 bits per heavy atom. The highest BCUT2D eigenvalue weighted by atomic mass is 16.5. The van der Waals surface area contributed by atoms with Gasteiger partial charge in [-0.1, -0.05) is 40.0 Å². The summed E-state index contributed by atoms with van der Waals surface area (Å²) in [6.07, 6.45) is 6.93. The predicted octanol–water partition coefficient (Wildman–Crippen LogP) is 3.34. The molecule has 0 amide bonds. The zero-order chi connectivity index (χ0) is 11.3. The van der Waals surface area contributed by atoms with Gasteiger partial charge in [0, 0.05) is 5.92 Å².